The molecule has 1 aromatic heterocycles. The van der Waals surface area contributed by atoms with E-state index in [0.29, 0.717) is 24.8 Å². The lowest BCUT2D eigenvalue weighted by Gasteiger charge is -2.28. The van der Waals surface area contributed by atoms with Crippen molar-refractivity contribution in [1.82, 2.24) is 9.88 Å². The number of hydrogen-bond donors (Lipinski definition) is 1. The van der Waals surface area contributed by atoms with E-state index in [1.807, 2.05) is 17.0 Å². The molecular formula is C17H22N4O3. The summed E-state index contributed by atoms with van der Waals surface area (Å²) in [6.07, 6.45) is 4.24. The first-order valence-corrected chi connectivity index (χ1v) is 8.60. The van der Waals surface area contributed by atoms with Gasteiger partial charge in [-0.2, -0.15) is 0 Å². The lowest BCUT2D eigenvalue weighted by molar-refractivity contribution is -0.128. The van der Waals surface area contributed by atoms with Crippen LogP contribution in [0.5, 0.6) is 0 Å². The Morgan fingerprint density at radius 2 is 2.04 bits per heavy atom. The number of ether oxygens (including phenoxy) is 1. The van der Waals surface area contributed by atoms with Crippen LogP contribution in [0.3, 0.4) is 0 Å². The fourth-order valence-corrected chi connectivity index (χ4v) is 3.34. The number of hydrogen-bond acceptors (Lipinski definition) is 5. The second-order valence-corrected chi connectivity index (χ2v) is 6.67. The first kappa shape index (κ1) is 15.4. The molecule has 0 bridgehead atoms. The van der Waals surface area contributed by atoms with Crippen LogP contribution < -0.4 is 10.2 Å². The maximum absolute atomic E-state index is 12.4. The highest BCUT2D eigenvalue weighted by atomic mass is 16.5. The van der Waals surface area contributed by atoms with Gasteiger partial charge in [-0.3, -0.25) is 9.59 Å². The Bertz CT molecular complexity index is 623. The zero-order valence-corrected chi connectivity index (χ0v) is 13.6. The molecule has 2 saturated heterocycles. The number of nitrogens with zero attached hydrogens (tertiary/aromatic N) is 3. The molecule has 1 aromatic rings. The van der Waals surface area contributed by atoms with Gasteiger partial charge in [-0.25, -0.2) is 4.98 Å². The van der Waals surface area contributed by atoms with Crippen molar-refractivity contribution in [2.75, 3.05) is 43.1 Å². The summed E-state index contributed by atoms with van der Waals surface area (Å²) in [5.41, 5.74) is 1.03. The van der Waals surface area contributed by atoms with Crippen molar-refractivity contribution in [3.05, 3.63) is 18.3 Å². The average molecular weight is 330 g/mol. The van der Waals surface area contributed by atoms with E-state index in [9.17, 15) is 9.59 Å². The number of morpholine rings is 1. The normalized spacial score (nSPS) is 24.3. The van der Waals surface area contributed by atoms with Gasteiger partial charge < -0.3 is 19.9 Å². The average Bonchev–Trinajstić information content (AvgIpc) is 3.38. The summed E-state index contributed by atoms with van der Waals surface area (Å²) in [6.45, 7) is 3.71. The summed E-state index contributed by atoms with van der Waals surface area (Å²) in [5.74, 6) is 0.263. The van der Waals surface area contributed by atoms with Crippen LogP contribution in [0.1, 0.15) is 19.3 Å². The quantitative estimate of drug-likeness (QED) is 0.886. The van der Waals surface area contributed by atoms with E-state index in [0.717, 1.165) is 44.8 Å². The van der Waals surface area contributed by atoms with E-state index in [-0.39, 0.29) is 17.7 Å². The monoisotopic (exact) mass is 330 g/mol. The number of anilines is 2. The molecule has 0 unspecified atom stereocenters. The standard InChI is InChI=1S/C17H22N4O3/c22-16-9-12(11-21(16)13-1-2-13)17(23)19-15-4-3-14(10-18-15)20-5-7-24-8-6-20/h3-4,10,12-13H,1-2,5-9,11H2,(H,18,19,23)/t12-/m1/s1. The van der Waals surface area contributed by atoms with Crippen LogP contribution in [0.15, 0.2) is 18.3 Å². The summed E-state index contributed by atoms with van der Waals surface area (Å²) < 4.78 is 5.34. The molecule has 1 N–H and O–H groups in total. The Morgan fingerprint density at radius 3 is 2.71 bits per heavy atom. The van der Waals surface area contributed by atoms with Crippen LogP contribution in [-0.2, 0) is 14.3 Å². The SMILES string of the molecule is O=C(Nc1ccc(N2CCOCC2)cn1)[C@@H]1CC(=O)N(C2CC2)C1. The van der Waals surface area contributed by atoms with Crippen molar-refractivity contribution in [3.63, 3.8) is 0 Å². The molecule has 0 aromatic carbocycles. The largest absolute Gasteiger partial charge is 0.378 e. The number of carbonyl (C=O) groups excluding carboxylic acids is 2. The van der Waals surface area contributed by atoms with Gasteiger partial charge in [0, 0.05) is 32.1 Å². The van der Waals surface area contributed by atoms with Crippen molar-refractivity contribution >= 4 is 23.3 Å². The molecule has 1 atom stereocenters. The van der Waals surface area contributed by atoms with Gasteiger partial charge in [0.1, 0.15) is 5.82 Å². The highest BCUT2D eigenvalue weighted by molar-refractivity contribution is 5.96. The molecule has 4 rings (SSSR count). The predicted molar refractivity (Wildman–Crippen MR) is 88.7 cm³/mol. The third kappa shape index (κ3) is 3.21. The van der Waals surface area contributed by atoms with Crippen molar-refractivity contribution in [2.24, 2.45) is 5.92 Å². The molecule has 1 aliphatic carbocycles. The summed E-state index contributed by atoms with van der Waals surface area (Å²) in [5, 5.41) is 2.84. The zero-order valence-electron chi connectivity index (χ0n) is 13.6. The van der Waals surface area contributed by atoms with E-state index in [1.165, 1.54) is 0 Å². The van der Waals surface area contributed by atoms with Gasteiger partial charge in [0.25, 0.3) is 0 Å². The summed E-state index contributed by atoms with van der Waals surface area (Å²) in [4.78, 5) is 32.7. The molecular weight excluding hydrogens is 308 g/mol. The van der Waals surface area contributed by atoms with Crippen LogP contribution in [0.2, 0.25) is 0 Å². The van der Waals surface area contributed by atoms with Gasteiger partial charge in [-0.1, -0.05) is 0 Å². The maximum atomic E-state index is 12.4. The number of aromatic nitrogens is 1. The van der Waals surface area contributed by atoms with E-state index < -0.39 is 0 Å². The number of likely N-dealkylation sites (tertiary alicyclic amines) is 1. The van der Waals surface area contributed by atoms with E-state index >= 15 is 0 Å². The van der Waals surface area contributed by atoms with Gasteiger partial charge in [-0.05, 0) is 25.0 Å². The molecule has 24 heavy (non-hydrogen) atoms. The van der Waals surface area contributed by atoms with Gasteiger partial charge in [0.2, 0.25) is 11.8 Å². The van der Waals surface area contributed by atoms with Gasteiger partial charge in [-0.15, -0.1) is 0 Å². The summed E-state index contributed by atoms with van der Waals surface area (Å²) in [6, 6.07) is 4.16. The molecule has 2 amide bonds. The van der Waals surface area contributed by atoms with Crippen LogP contribution in [0.25, 0.3) is 0 Å². The molecule has 7 nitrogen and oxygen atoms in total. The molecule has 0 spiro atoms. The van der Waals surface area contributed by atoms with Crippen LogP contribution >= 0.6 is 0 Å². The van der Waals surface area contributed by atoms with Crippen LogP contribution in [-0.4, -0.2) is 60.6 Å². The molecule has 1 saturated carbocycles. The molecule has 3 fully saturated rings. The fourth-order valence-electron chi connectivity index (χ4n) is 3.34. The van der Waals surface area contributed by atoms with Gasteiger partial charge in [0.15, 0.2) is 0 Å². The highest BCUT2D eigenvalue weighted by Crippen LogP contribution is 2.32. The second-order valence-electron chi connectivity index (χ2n) is 6.67. The third-order valence-corrected chi connectivity index (χ3v) is 4.89. The molecule has 2 aliphatic heterocycles. The van der Waals surface area contributed by atoms with Crippen molar-refractivity contribution in [1.29, 1.82) is 0 Å². The van der Waals surface area contributed by atoms with Gasteiger partial charge in [0.05, 0.1) is 31.0 Å². The smallest absolute Gasteiger partial charge is 0.230 e. The van der Waals surface area contributed by atoms with E-state index in [2.05, 4.69) is 15.2 Å². The number of nitrogens with one attached hydrogen (secondary N) is 1. The van der Waals surface area contributed by atoms with E-state index in [4.69, 9.17) is 4.74 Å². The van der Waals surface area contributed by atoms with Gasteiger partial charge >= 0.3 is 0 Å². The third-order valence-electron chi connectivity index (χ3n) is 4.89. The predicted octanol–water partition coefficient (Wildman–Crippen LogP) is 0.868. The summed E-state index contributed by atoms with van der Waals surface area (Å²) >= 11 is 0. The van der Waals surface area contributed by atoms with Crippen molar-refractivity contribution < 1.29 is 14.3 Å². The fraction of sp³-hybridized carbons (Fsp3) is 0.588. The first-order chi connectivity index (χ1) is 11.7. The minimum atomic E-state index is -0.265. The Hall–Kier alpha value is -2.15. The van der Waals surface area contributed by atoms with Crippen LogP contribution in [0.4, 0.5) is 11.5 Å². The van der Waals surface area contributed by atoms with Crippen LogP contribution in [0, 0.1) is 5.92 Å². The van der Waals surface area contributed by atoms with Crippen molar-refractivity contribution in [2.45, 2.75) is 25.3 Å². The highest BCUT2D eigenvalue weighted by Gasteiger charge is 2.41. The number of carbonyl (C=O) groups is 2. The Balaban J connectivity index is 1.34. The minimum absolute atomic E-state index is 0.105. The first-order valence-electron chi connectivity index (χ1n) is 8.60. The second kappa shape index (κ2) is 6.39. The summed E-state index contributed by atoms with van der Waals surface area (Å²) in [7, 11) is 0. The Kier molecular flexibility index (Phi) is 4.10. The Labute approximate surface area is 141 Å². The Morgan fingerprint density at radius 1 is 1.25 bits per heavy atom. The lowest BCUT2D eigenvalue weighted by atomic mass is 10.1. The molecule has 3 heterocycles. The molecule has 128 valence electrons. The van der Waals surface area contributed by atoms with Crippen molar-refractivity contribution in [3.8, 4) is 0 Å². The molecule has 7 heteroatoms. The number of rotatable bonds is 4. The lowest BCUT2D eigenvalue weighted by Crippen LogP contribution is -2.36. The topological polar surface area (TPSA) is 74.8 Å². The molecule has 3 aliphatic rings. The number of pyridine rings is 1. The molecule has 0 radical (unpaired) electrons. The number of amides is 2. The maximum Gasteiger partial charge on any atom is 0.230 e. The van der Waals surface area contributed by atoms with E-state index in [1.54, 1.807) is 6.20 Å². The zero-order chi connectivity index (χ0) is 16.5. The minimum Gasteiger partial charge on any atom is -0.378 e.